The molecule has 1 fully saturated rings. The van der Waals surface area contributed by atoms with Crippen molar-refractivity contribution in [2.24, 2.45) is 5.92 Å². The van der Waals surface area contributed by atoms with Crippen LogP contribution in [0.5, 0.6) is 5.75 Å². The summed E-state index contributed by atoms with van der Waals surface area (Å²) in [6, 6.07) is 7.99. The Bertz CT molecular complexity index is 459. The molecule has 1 N–H and O–H groups in total. The Morgan fingerprint density at radius 3 is 2.68 bits per heavy atom. The fourth-order valence-electron chi connectivity index (χ4n) is 2.56. The first kappa shape index (κ1) is 13.9. The van der Waals surface area contributed by atoms with Crippen LogP contribution in [0, 0.1) is 5.92 Å². The number of benzene rings is 1. The smallest absolute Gasteiger partial charge is 0.310 e. The third-order valence-electron chi connectivity index (χ3n) is 3.76. The van der Waals surface area contributed by atoms with Crippen LogP contribution >= 0.6 is 0 Å². The van der Waals surface area contributed by atoms with Gasteiger partial charge in [0.1, 0.15) is 11.9 Å². The van der Waals surface area contributed by atoms with Crippen molar-refractivity contribution in [1.82, 2.24) is 0 Å². The third-order valence-corrected chi connectivity index (χ3v) is 3.76. The molecule has 19 heavy (non-hydrogen) atoms. The quantitative estimate of drug-likeness (QED) is 0.905. The maximum Gasteiger partial charge on any atom is 0.310 e. The maximum atomic E-state index is 11.1. The second-order valence-corrected chi connectivity index (χ2v) is 6.31. The minimum atomic E-state index is -0.741. The lowest BCUT2D eigenvalue weighted by atomic mass is 9.87. The number of ether oxygens (including phenoxy) is 1. The van der Waals surface area contributed by atoms with Crippen molar-refractivity contribution >= 4 is 5.97 Å². The summed E-state index contributed by atoms with van der Waals surface area (Å²) in [5.74, 6) is -0.321. The molecule has 0 spiro atoms. The Kier molecular flexibility index (Phi) is 3.83. The molecule has 0 bridgehead atoms. The summed E-state index contributed by atoms with van der Waals surface area (Å²) < 4.78 is 5.90. The van der Waals surface area contributed by atoms with Gasteiger partial charge in [0.25, 0.3) is 0 Å². The van der Waals surface area contributed by atoms with Gasteiger partial charge < -0.3 is 9.84 Å². The molecule has 0 radical (unpaired) electrons. The van der Waals surface area contributed by atoms with Gasteiger partial charge in [0.05, 0.1) is 5.92 Å². The first-order valence-electron chi connectivity index (χ1n) is 6.88. The van der Waals surface area contributed by atoms with E-state index >= 15 is 0 Å². The molecular weight excluding hydrogens is 240 g/mol. The molecule has 104 valence electrons. The zero-order valence-electron chi connectivity index (χ0n) is 11.8. The van der Waals surface area contributed by atoms with Crippen molar-refractivity contribution in [2.75, 3.05) is 0 Å². The summed E-state index contributed by atoms with van der Waals surface area (Å²) >= 11 is 0. The highest BCUT2D eigenvalue weighted by Crippen LogP contribution is 2.32. The molecule has 1 saturated carbocycles. The molecule has 2 rings (SSSR count). The van der Waals surface area contributed by atoms with Gasteiger partial charge in [0.2, 0.25) is 0 Å². The van der Waals surface area contributed by atoms with Crippen molar-refractivity contribution in [1.29, 1.82) is 0 Å². The van der Waals surface area contributed by atoms with Crippen LogP contribution in [0.4, 0.5) is 0 Å². The largest absolute Gasteiger partial charge is 0.490 e. The van der Waals surface area contributed by atoms with E-state index < -0.39 is 5.97 Å². The number of carbonyl (C=O) groups is 1. The van der Waals surface area contributed by atoms with E-state index in [1.54, 1.807) is 0 Å². The lowest BCUT2D eigenvalue weighted by molar-refractivity contribution is -0.144. The van der Waals surface area contributed by atoms with Crippen molar-refractivity contribution in [3.63, 3.8) is 0 Å². The summed E-state index contributed by atoms with van der Waals surface area (Å²) in [7, 11) is 0. The number of hydrogen-bond donors (Lipinski definition) is 1. The van der Waals surface area contributed by atoms with Crippen molar-refractivity contribution in [3.05, 3.63) is 29.8 Å². The maximum absolute atomic E-state index is 11.1. The van der Waals surface area contributed by atoms with E-state index in [1.165, 1.54) is 5.56 Å². The van der Waals surface area contributed by atoms with Gasteiger partial charge in [-0.3, -0.25) is 4.79 Å². The molecule has 2 unspecified atom stereocenters. The van der Waals surface area contributed by atoms with Gasteiger partial charge in [-0.1, -0.05) is 32.9 Å². The van der Waals surface area contributed by atoms with Gasteiger partial charge in [0.15, 0.2) is 0 Å². The van der Waals surface area contributed by atoms with Gasteiger partial charge >= 0.3 is 5.97 Å². The summed E-state index contributed by atoms with van der Waals surface area (Å²) in [6.45, 7) is 6.46. The molecule has 3 heteroatoms. The Labute approximate surface area is 114 Å². The molecule has 0 aliphatic heterocycles. The summed E-state index contributed by atoms with van der Waals surface area (Å²) in [6.07, 6.45) is 2.30. The highest BCUT2D eigenvalue weighted by molar-refractivity contribution is 5.71. The monoisotopic (exact) mass is 262 g/mol. The Morgan fingerprint density at radius 1 is 1.32 bits per heavy atom. The summed E-state index contributed by atoms with van der Waals surface area (Å²) in [4.78, 5) is 11.1. The van der Waals surface area contributed by atoms with Crippen molar-refractivity contribution in [3.8, 4) is 5.75 Å². The van der Waals surface area contributed by atoms with Gasteiger partial charge in [-0.15, -0.1) is 0 Å². The molecule has 0 heterocycles. The number of carboxylic acids is 1. The third kappa shape index (κ3) is 3.28. The molecule has 1 aromatic carbocycles. The topological polar surface area (TPSA) is 46.5 Å². The van der Waals surface area contributed by atoms with Gasteiger partial charge in [-0.25, -0.2) is 0 Å². The van der Waals surface area contributed by atoms with Crippen LogP contribution in [0.1, 0.15) is 45.6 Å². The molecule has 1 aromatic rings. The van der Waals surface area contributed by atoms with E-state index in [1.807, 2.05) is 18.2 Å². The average Bonchev–Trinajstić information content (AvgIpc) is 2.76. The molecule has 1 aliphatic carbocycles. The molecular formula is C16H22O3. The van der Waals surface area contributed by atoms with Crippen LogP contribution in [0.15, 0.2) is 24.3 Å². The highest BCUT2D eigenvalue weighted by atomic mass is 16.5. The Balaban J connectivity index is 2.13. The van der Waals surface area contributed by atoms with Gasteiger partial charge in [-0.05, 0) is 42.4 Å². The van der Waals surface area contributed by atoms with E-state index in [0.717, 1.165) is 25.0 Å². The standard InChI is InChI=1S/C16H22O3/c1-16(2,3)11-6-4-7-12(10-11)19-14-9-5-8-13(14)15(17)18/h4,6-7,10,13-14H,5,8-9H2,1-3H3,(H,17,18). The predicted molar refractivity (Wildman–Crippen MR) is 74.5 cm³/mol. The van der Waals surface area contributed by atoms with Crippen LogP contribution < -0.4 is 4.74 Å². The van der Waals surface area contributed by atoms with E-state index in [9.17, 15) is 4.79 Å². The zero-order valence-corrected chi connectivity index (χ0v) is 11.8. The highest BCUT2D eigenvalue weighted by Gasteiger charge is 2.34. The zero-order chi connectivity index (χ0) is 14.0. The Hall–Kier alpha value is -1.51. The minimum absolute atomic E-state index is 0.0707. The van der Waals surface area contributed by atoms with E-state index in [4.69, 9.17) is 9.84 Å². The van der Waals surface area contributed by atoms with E-state index in [0.29, 0.717) is 0 Å². The second-order valence-electron chi connectivity index (χ2n) is 6.31. The van der Waals surface area contributed by atoms with Crippen LogP contribution in [-0.2, 0) is 10.2 Å². The fourth-order valence-corrected chi connectivity index (χ4v) is 2.56. The Morgan fingerprint density at radius 2 is 2.05 bits per heavy atom. The van der Waals surface area contributed by atoms with Crippen molar-refractivity contribution in [2.45, 2.75) is 51.6 Å². The van der Waals surface area contributed by atoms with Crippen LogP contribution in [0.25, 0.3) is 0 Å². The minimum Gasteiger partial charge on any atom is -0.490 e. The molecule has 0 saturated heterocycles. The van der Waals surface area contributed by atoms with Crippen molar-refractivity contribution < 1.29 is 14.6 Å². The number of aliphatic carboxylic acids is 1. The second kappa shape index (κ2) is 5.24. The molecule has 0 amide bonds. The molecule has 3 nitrogen and oxygen atoms in total. The molecule has 1 aliphatic rings. The molecule has 0 aromatic heterocycles. The molecule has 2 atom stereocenters. The van der Waals surface area contributed by atoms with Gasteiger partial charge in [0, 0.05) is 0 Å². The predicted octanol–water partition coefficient (Wildman–Crippen LogP) is 3.62. The van der Waals surface area contributed by atoms with E-state index in [2.05, 4.69) is 26.8 Å². The number of carboxylic acid groups (broad SMARTS) is 1. The fraction of sp³-hybridized carbons (Fsp3) is 0.562. The SMILES string of the molecule is CC(C)(C)c1cccc(OC2CCCC2C(=O)O)c1. The van der Waals surface area contributed by atoms with Crippen LogP contribution in [0.3, 0.4) is 0 Å². The van der Waals surface area contributed by atoms with Gasteiger partial charge in [-0.2, -0.15) is 0 Å². The first-order chi connectivity index (χ1) is 8.88. The lowest BCUT2D eigenvalue weighted by Gasteiger charge is -2.22. The summed E-state index contributed by atoms with van der Waals surface area (Å²) in [5.41, 5.74) is 1.27. The first-order valence-corrected chi connectivity index (χ1v) is 6.88. The lowest BCUT2D eigenvalue weighted by Crippen LogP contribution is -2.28. The number of rotatable bonds is 3. The summed E-state index contributed by atoms with van der Waals surface area (Å²) in [5, 5.41) is 9.17. The van der Waals surface area contributed by atoms with Crippen LogP contribution in [0.2, 0.25) is 0 Å². The number of hydrogen-bond acceptors (Lipinski definition) is 2. The average molecular weight is 262 g/mol. The van der Waals surface area contributed by atoms with E-state index in [-0.39, 0.29) is 17.4 Å². The van der Waals surface area contributed by atoms with Crippen LogP contribution in [-0.4, -0.2) is 17.2 Å². The normalized spacial score (nSPS) is 23.3.